The summed E-state index contributed by atoms with van der Waals surface area (Å²) in [5.41, 5.74) is 1.28. The standard InChI is InChI=1S/C23H21N5O3S/c29-21-19-18(24-23(31)28(21)15-16-7-3-1-4-8-16)20(32-25-19)22(30)27-13-11-26(12-14-27)17-9-5-2-6-10-17/h1-10H,11-15H2,(H,24,31). The summed E-state index contributed by atoms with van der Waals surface area (Å²) in [6.07, 6.45) is 0. The monoisotopic (exact) mass is 447 g/mol. The van der Waals surface area contributed by atoms with E-state index in [-0.39, 0.29) is 23.5 Å². The normalized spacial score (nSPS) is 14.1. The number of H-pyrrole nitrogens is 1. The topological polar surface area (TPSA) is 91.3 Å². The number of piperazine rings is 1. The first-order valence-electron chi connectivity index (χ1n) is 10.4. The summed E-state index contributed by atoms with van der Waals surface area (Å²) in [7, 11) is 0. The predicted octanol–water partition coefficient (Wildman–Crippen LogP) is 2.16. The van der Waals surface area contributed by atoms with Crippen LogP contribution in [-0.4, -0.2) is 50.9 Å². The third-order valence-electron chi connectivity index (χ3n) is 5.68. The Labute approximate surface area is 187 Å². The van der Waals surface area contributed by atoms with Crippen LogP contribution in [0.2, 0.25) is 0 Å². The molecule has 0 unspecified atom stereocenters. The van der Waals surface area contributed by atoms with Crippen molar-refractivity contribution in [1.82, 2.24) is 18.8 Å². The third kappa shape index (κ3) is 3.71. The van der Waals surface area contributed by atoms with Crippen LogP contribution in [0, 0.1) is 0 Å². The van der Waals surface area contributed by atoms with Crippen LogP contribution < -0.4 is 16.1 Å². The fourth-order valence-corrected chi connectivity index (χ4v) is 4.75. The molecule has 3 heterocycles. The zero-order chi connectivity index (χ0) is 22.1. The van der Waals surface area contributed by atoms with Crippen molar-refractivity contribution < 1.29 is 4.79 Å². The Morgan fingerprint density at radius 2 is 1.59 bits per heavy atom. The SMILES string of the molecule is O=C(c1snc2c(=O)n(Cc3ccccc3)c(=O)[nH]c12)N1CCN(c2ccccc2)CC1. The molecule has 1 aliphatic rings. The number of hydrogen-bond acceptors (Lipinski definition) is 6. The minimum Gasteiger partial charge on any atom is -0.368 e. The van der Waals surface area contributed by atoms with Gasteiger partial charge >= 0.3 is 5.69 Å². The molecule has 162 valence electrons. The average Bonchev–Trinajstić information content (AvgIpc) is 3.26. The number of aromatic amines is 1. The van der Waals surface area contributed by atoms with Crippen LogP contribution in [0.3, 0.4) is 0 Å². The van der Waals surface area contributed by atoms with E-state index in [1.54, 1.807) is 4.90 Å². The number of amides is 1. The van der Waals surface area contributed by atoms with Crippen LogP contribution in [0.15, 0.2) is 70.3 Å². The lowest BCUT2D eigenvalue weighted by atomic mass is 10.2. The van der Waals surface area contributed by atoms with Gasteiger partial charge in [0.1, 0.15) is 4.88 Å². The van der Waals surface area contributed by atoms with E-state index in [2.05, 4.69) is 26.4 Å². The van der Waals surface area contributed by atoms with Gasteiger partial charge in [0.05, 0.1) is 12.1 Å². The van der Waals surface area contributed by atoms with E-state index in [9.17, 15) is 14.4 Å². The lowest BCUT2D eigenvalue weighted by Crippen LogP contribution is -2.48. The number of nitrogens with zero attached hydrogens (tertiary/aromatic N) is 4. The number of carbonyl (C=O) groups is 1. The smallest absolute Gasteiger partial charge is 0.329 e. The lowest BCUT2D eigenvalue weighted by Gasteiger charge is -2.35. The van der Waals surface area contributed by atoms with Crippen LogP contribution in [-0.2, 0) is 6.54 Å². The van der Waals surface area contributed by atoms with E-state index in [4.69, 9.17) is 0 Å². The maximum absolute atomic E-state index is 13.2. The van der Waals surface area contributed by atoms with E-state index in [0.717, 1.165) is 27.4 Å². The maximum Gasteiger partial charge on any atom is 0.329 e. The molecule has 1 saturated heterocycles. The molecule has 2 aromatic heterocycles. The van der Waals surface area contributed by atoms with Crippen LogP contribution in [0.5, 0.6) is 0 Å². The van der Waals surface area contributed by atoms with Crippen molar-refractivity contribution in [2.45, 2.75) is 6.54 Å². The van der Waals surface area contributed by atoms with Crippen molar-refractivity contribution in [3.8, 4) is 0 Å². The van der Waals surface area contributed by atoms with Crippen LogP contribution in [0.25, 0.3) is 11.0 Å². The Morgan fingerprint density at radius 1 is 0.938 bits per heavy atom. The summed E-state index contributed by atoms with van der Waals surface area (Å²) >= 11 is 0.961. The number of hydrogen-bond donors (Lipinski definition) is 1. The van der Waals surface area contributed by atoms with Crippen molar-refractivity contribution in [3.63, 3.8) is 0 Å². The van der Waals surface area contributed by atoms with Crippen molar-refractivity contribution in [2.24, 2.45) is 0 Å². The maximum atomic E-state index is 13.2. The number of benzene rings is 2. The second-order valence-electron chi connectivity index (χ2n) is 7.66. The Balaban J connectivity index is 1.39. The van der Waals surface area contributed by atoms with Gasteiger partial charge in [0.2, 0.25) is 0 Å². The summed E-state index contributed by atoms with van der Waals surface area (Å²) in [4.78, 5) is 45.8. The number of fused-ring (bicyclic) bond motifs is 1. The van der Waals surface area contributed by atoms with Gasteiger partial charge in [-0.1, -0.05) is 48.5 Å². The number of carbonyl (C=O) groups excluding carboxylic acids is 1. The fraction of sp³-hybridized carbons (Fsp3) is 0.217. The highest BCUT2D eigenvalue weighted by Gasteiger charge is 2.27. The highest BCUT2D eigenvalue weighted by Crippen LogP contribution is 2.21. The van der Waals surface area contributed by atoms with Gasteiger partial charge in [-0.3, -0.25) is 14.2 Å². The molecule has 2 aromatic carbocycles. The largest absolute Gasteiger partial charge is 0.368 e. The molecule has 0 saturated carbocycles. The second kappa shape index (κ2) is 8.43. The molecule has 0 bridgehead atoms. The van der Waals surface area contributed by atoms with Crippen molar-refractivity contribution in [1.29, 1.82) is 0 Å². The Bertz CT molecular complexity index is 1370. The van der Waals surface area contributed by atoms with Crippen molar-refractivity contribution in [3.05, 3.63) is 91.9 Å². The van der Waals surface area contributed by atoms with Gasteiger partial charge in [-0.25, -0.2) is 4.79 Å². The number of nitrogens with one attached hydrogen (secondary N) is 1. The first kappa shape index (κ1) is 20.2. The van der Waals surface area contributed by atoms with Gasteiger partial charge in [-0.2, -0.15) is 4.37 Å². The van der Waals surface area contributed by atoms with Gasteiger partial charge < -0.3 is 14.8 Å². The van der Waals surface area contributed by atoms with Crippen LogP contribution in [0.1, 0.15) is 15.2 Å². The Kier molecular flexibility index (Phi) is 5.32. The van der Waals surface area contributed by atoms with Crippen LogP contribution >= 0.6 is 11.5 Å². The van der Waals surface area contributed by atoms with Gasteiger partial charge in [0.25, 0.3) is 11.5 Å². The first-order valence-corrected chi connectivity index (χ1v) is 11.1. The van der Waals surface area contributed by atoms with Crippen LogP contribution in [0.4, 0.5) is 5.69 Å². The molecule has 1 aliphatic heterocycles. The van der Waals surface area contributed by atoms with Gasteiger partial charge in [-0.05, 0) is 29.2 Å². The molecule has 4 aromatic rings. The molecule has 1 amide bonds. The van der Waals surface area contributed by atoms with Crippen molar-refractivity contribution in [2.75, 3.05) is 31.1 Å². The van der Waals surface area contributed by atoms with Gasteiger partial charge in [0, 0.05) is 31.9 Å². The summed E-state index contributed by atoms with van der Waals surface area (Å²) in [6.45, 7) is 2.69. The summed E-state index contributed by atoms with van der Waals surface area (Å²) < 4.78 is 5.34. The summed E-state index contributed by atoms with van der Waals surface area (Å²) in [5.74, 6) is -0.207. The quantitative estimate of drug-likeness (QED) is 0.518. The highest BCUT2D eigenvalue weighted by molar-refractivity contribution is 7.09. The molecule has 0 radical (unpaired) electrons. The van der Waals surface area contributed by atoms with E-state index >= 15 is 0 Å². The highest BCUT2D eigenvalue weighted by atomic mass is 32.1. The number of anilines is 1. The fourth-order valence-electron chi connectivity index (χ4n) is 3.95. The van der Waals surface area contributed by atoms with Gasteiger partial charge in [-0.15, -0.1) is 0 Å². The zero-order valence-corrected chi connectivity index (χ0v) is 18.0. The molecule has 5 rings (SSSR count). The van der Waals surface area contributed by atoms with Gasteiger partial charge in [0.15, 0.2) is 5.52 Å². The molecular weight excluding hydrogens is 426 g/mol. The zero-order valence-electron chi connectivity index (χ0n) is 17.2. The van der Waals surface area contributed by atoms with E-state index < -0.39 is 11.2 Å². The number of aromatic nitrogens is 3. The molecule has 0 aliphatic carbocycles. The Morgan fingerprint density at radius 3 is 2.28 bits per heavy atom. The predicted molar refractivity (Wildman–Crippen MR) is 125 cm³/mol. The average molecular weight is 448 g/mol. The minimum absolute atomic E-state index is 0.122. The molecule has 9 heteroatoms. The molecule has 0 spiro atoms. The first-order chi connectivity index (χ1) is 15.6. The molecule has 32 heavy (non-hydrogen) atoms. The second-order valence-corrected chi connectivity index (χ2v) is 8.43. The molecule has 1 N–H and O–H groups in total. The molecular formula is C23H21N5O3S. The minimum atomic E-state index is -0.547. The molecule has 1 fully saturated rings. The van der Waals surface area contributed by atoms with E-state index in [1.165, 1.54) is 0 Å². The number of rotatable bonds is 4. The lowest BCUT2D eigenvalue weighted by molar-refractivity contribution is 0.0753. The molecule has 8 nitrogen and oxygen atoms in total. The number of para-hydroxylation sites is 1. The summed E-state index contributed by atoms with van der Waals surface area (Å²) in [5, 5.41) is 0. The van der Waals surface area contributed by atoms with E-state index in [0.29, 0.717) is 31.1 Å². The van der Waals surface area contributed by atoms with E-state index in [1.807, 2.05) is 48.5 Å². The third-order valence-corrected chi connectivity index (χ3v) is 6.52. The summed E-state index contributed by atoms with van der Waals surface area (Å²) in [6, 6.07) is 19.4. The molecule has 0 atom stereocenters. The van der Waals surface area contributed by atoms with Crippen molar-refractivity contribution >= 4 is 34.2 Å². The Hall–Kier alpha value is -3.72.